The number of benzene rings is 3. The van der Waals surface area contributed by atoms with Gasteiger partial charge in [-0.15, -0.1) is 5.10 Å². The minimum Gasteiger partial charge on any atom is -0.496 e. The number of amidine groups is 1. The lowest BCUT2D eigenvalue weighted by molar-refractivity contribution is -0.124. The van der Waals surface area contributed by atoms with Crippen molar-refractivity contribution in [3.8, 4) is 5.75 Å². The van der Waals surface area contributed by atoms with Crippen molar-refractivity contribution < 1.29 is 9.53 Å². The van der Waals surface area contributed by atoms with Gasteiger partial charge in [0.15, 0.2) is 5.17 Å². The van der Waals surface area contributed by atoms with Crippen molar-refractivity contribution in [3.63, 3.8) is 0 Å². The molecule has 0 atom stereocenters. The molecule has 3 aromatic rings. The Kier molecular flexibility index (Phi) is 5.39. The van der Waals surface area contributed by atoms with Crippen LogP contribution in [0.2, 0.25) is 0 Å². The molecule has 6 heteroatoms. The Bertz CT molecular complexity index is 1070. The molecule has 1 heterocycles. The number of hydrogen-bond acceptors (Lipinski definition) is 5. The molecule has 0 N–H and O–H groups in total. The molecule has 0 spiro atoms. The first-order chi connectivity index (χ1) is 13.8. The summed E-state index contributed by atoms with van der Waals surface area (Å²) in [6.45, 7) is 0.482. The molecule has 1 saturated heterocycles. The molecule has 4 rings (SSSR count). The number of methoxy groups -OCH3 is 1. The quantitative estimate of drug-likeness (QED) is 0.483. The number of hydrogen-bond donors (Lipinski definition) is 0. The van der Waals surface area contributed by atoms with E-state index in [1.807, 2.05) is 48.5 Å². The van der Waals surface area contributed by atoms with Gasteiger partial charge in [0, 0.05) is 5.56 Å². The Labute approximate surface area is 167 Å². The molecule has 1 aliphatic heterocycles. The lowest BCUT2D eigenvalue weighted by Crippen LogP contribution is -2.28. The van der Waals surface area contributed by atoms with Crippen molar-refractivity contribution in [2.24, 2.45) is 10.2 Å². The van der Waals surface area contributed by atoms with Gasteiger partial charge in [0.25, 0.3) is 0 Å². The van der Waals surface area contributed by atoms with E-state index in [-0.39, 0.29) is 5.91 Å². The molecule has 0 bridgehead atoms. The van der Waals surface area contributed by atoms with E-state index in [0.717, 1.165) is 27.6 Å². The first-order valence-electron chi connectivity index (χ1n) is 8.90. The van der Waals surface area contributed by atoms with Gasteiger partial charge in [-0.2, -0.15) is 5.10 Å². The highest BCUT2D eigenvalue weighted by atomic mass is 32.2. The zero-order valence-corrected chi connectivity index (χ0v) is 16.2. The second kappa shape index (κ2) is 8.27. The van der Waals surface area contributed by atoms with Crippen LogP contribution in [0.3, 0.4) is 0 Å². The summed E-state index contributed by atoms with van der Waals surface area (Å²) in [5.41, 5.74) is 1.93. The Morgan fingerprint density at radius 1 is 1.07 bits per heavy atom. The molecule has 0 aromatic heterocycles. The molecule has 0 saturated carbocycles. The summed E-state index contributed by atoms with van der Waals surface area (Å²) in [5.74, 6) is 1.16. The summed E-state index contributed by atoms with van der Waals surface area (Å²) < 4.78 is 5.32. The van der Waals surface area contributed by atoms with Crippen molar-refractivity contribution >= 4 is 39.8 Å². The predicted molar refractivity (Wildman–Crippen MR) is 115 cm³/mol. The van der Waals surface area contributed by atoms with Gasteiger partial charge in [-0.05, 0) is 28.5 Å². The van der Waals surface area contributed by atoms with Crippen LogP contribution in [0.5, 0.6) is 5.75 Å². The van der Waals surface area contributed by atoms with E-state index >= 15 is 0 Å². The number of carbonyl (C=O) groups is 1. The fourth-order valence-corrected chi connectivity index (χ4v) is 3.98. The van der Waals surface area contributed by atoms with E-state index < -0.39 is 0 Å². The number of fused-ring (bicyclic) bond motifs is 1. The molecule has 0 unspecified atom stereocenters. The number of thioether (sulfide) groups is 1. The van der Waals surface area contributed by atoms with Crippen LogP contribution in [0, 0.1) is 0 Å². The Morgan fingerprint density at radius 3 is 2.75 bits per heavy atom. The second-order valence-corrected chi connectivity index (χ2v) is 7.22. The molecule has 28 heavy (non-hydrogen) atoms. The third-order valence-corrected chi connectivity index (χ3v) is 5.50. The van der Waals surface area contributed by atoms with Gasteiger partial charge in [-0.1, -0.05) is 66.4 Å². The minimum atomic E-state index is 0.0455. The van der Waals surface area contributed by atoms with E-state index in [1.54, 1.807) is 18.2 Å². The minimum absolute atomic E-state index is 0.0455. The zero-order chi connectivity index (χ0) is 19.3. The standard InChI is InChI=1S/C22H19N3O2S/c1-27-20-12-5-3-8-17(20)13-23-24-22-25(21(26)15-28-22)14-18-10-6-9-16-7-2-4-11-19(16)18/h2-13H,14-15H2,1H3/b23-13-,24-22?. The molecule has 1 fully saturated rings. The highest BCUT2D eigenvalue weighted by Gasteiger charge is 2.28. The largest absolute Gasteiger partial charge is 0.496 e. The monoisotopic (exact) mass is 389 g/mol. The lowest BCUT2D eigenvalue weighted by Gasteiger charge is -2.16. The second-order valence-electron chi connectivity index (χ2n) is 6.28. The van der Waals surface area contributed by atoms with Crippen LogP contribution < -0.4 is 4.74 Å². The van der Waals surface area contributed by atoms with Crippen LogP contribution in [-0.4, -0.2) is 35.1 Å². The molecule has 0 aliphatic carbocycles. The molecular weight excluding hydrogens is 370 g/mol. The SMILES string of the molecule is COc1ccccc1/C=N\N=C1SCC(=O)N1Cc1cccc2ccccc12. The van der Waals surface area contributed by atoms with E-state index in [4.69, 9.17) is 4.74 Å². The summed E-state index contributed by atoms with van der Waals surface area (Å²) in [5, 5.41) is 11.4. The van der Waals surface area contributed by atoms with E-state index in [0.29, 0.717) is 17.5 Å². The third-order valence-electron chi connectivity index (χ3n) is 4.54. The molecule has 1 aliphatic rings. The van der Waals surface area contributed by atoms with E-state index in [1.165, 1.54) is 11.8 Å². The fraction of sp³-hybridized carbons (Fsp3) is 0.136. The first kappa shape index (κ1) is 18.3. The number of nitrogens with zero attached hydrogens (tertiary/aromatic N) is 3. The van der Waals surface area contributed by atoms with Crippen LogP contribution in [0.25, 0.3) is 10.8 Å². The molecule has 5 nitrogen and oxygen atoms in total. The molecule has 3 aromatic carbocycles. The maximum atomic E-state index is 12.4. The number of amides is 1. The Hall–Kier alpha value is -3.12. The zero-order valence-electron chi connectivity index (χ0n) is 15.4. The van der Waals surface area contributed by atoms with Gasteiger partial charge in [0.2, 0.25) is 5.91 Å². The van der Waals surface area contributed by atoms with Gasteiger partial charge >= 0.3 is 0 Å². The number of carbonyl (C=O) groups excluding carboxylic acids is 1. The van der Waals surface area contributed by atoms with Crippen LogP contribution in [0.1, 0.15) is 11.1 Å². The summed E-state index contributed by atoms with van der Waals surface area (Å²) in [6, 6.07) is 21.9. The Morgan fingerprint density at radius 2 is 1.86 bits per heavy atom. The summed E-state index contributed by atoms with van der Waals surface area (Å²) in [6.07, 6.45) is 1.64. The van der Waals surface area contributed by atoms with Crippen LogP contribution >= 0.6 is 11.8 Å². The third kappa shape index (κ3) is 3.77. The maximum Gasteiger partial charge on any atom is 0.239 e. The van der Waals surface area contributed by atoms with E-state index in [2.05, 4.69) is 28.4 Å². The molecule has 1 amide bonds. The van der Waals surface area contributed by atoms with Crippen LogP contribution in [0.4, 0.5) is 0 Å². The van der Waals surface area contributed by atoms with Crippen molar-refractivity contribution in [1.82, 2.24) is 4.90 Å². The molecule has 140 valence electrons. The first-order valence-corrected chi connectivity index (χ1v) is 9.88. The van der Waals surface area contributed by atoms with Gasteiger partial charge in [-0.3, -0.25) is 9.69 Å². The Balaban J connectivity index is 1.58. The highest BCUT2D eigenvalue weighted by molar-refractivity contribution is 8.15. The smallest absolute Gasteiger partial charge is 0.239 e. The fourth-order valence-electron chi connectivity index (χ4n) is 3.14. The van der Waals surface area contributed by atoms with Gasteiger partial charge in [-0.25, -0.2) is 0 Å². The van der Waals surface area contributed by atoms with Crippen molar-refractivity contribution in [2.75, 3.05) is 12.9 Å². The number of rotatable bonds is 5. The van der Waals surface area contributed by atoms with Crippen molar-refractivity contribution in [3.05, 3.63) is 77.9 Å². The number of ether oxygens (including phenoxy) is 1. The van der Waals surface area contributed by atoms with Gasteiger partial charge in [0.1, 0.15) is 5.75 Å². The molecular formula is C22H19N3O2S. The van der Waals surface area contributed by atoms with E-state index in [9.17, 15) is 4.79 Å². The average molecular weight is 389 g/mol. The van der Waals surface area contributed by atoms with Crippen LogP contribution in [0.15, 0.2) is 76.9 Å². The summed E-state index contributed by atoms with van der Waals surface area (Å²) >= 11 is 1.41. The number of para-hydroxylation sites is 1. The van der Waals surface area contributed by atoms with Crippen molar-refractivity contribution in [1.29, 1.82) is 0 Å². The highest BCUT2D eigenvalue weighted by Crippen LogP contribution is 2.26. The van der Waals surface area contributed by atoms with Crippen LogP contribution in [-0.2, 0) is 11.3 Å². The average Bonchev–Trinajstić information content (AvgIpc) is 3.08. The molecule has 0 radical (unpaired) electrons. The summed E-state index contributed by atoms with van der Waals surface area (Å²) in [7, 11) is 1.62. The normalized spacial score (nSPS) is 15.8. The lowest BCUT2D eigenvalue weighted by atomic mass is 10.0. The van der Waals surface area contributed by atoms with Gasteiger partial charge in [0.05, 0.1) is 25.6 Å². The summed E-state index contributed by atoms with van der Waals surface area (Å²) in [4.78, 5) is 14.1. The van der Waals surface area contributed by atoms with Gasteiger partial charge < -0.3 is 4.74 Å². The predicted octanol–water partition coefficient (Wildman–Crippen LogP) is 4.31. The van der Waals surface area contributed by atoms with Crippen molar-refractivity contribution in [2.45, 2.75) is 6.54 Å². The topological polar surface area (TPSA) is 54.3 Å². The maximum absolute atomic E-state index is 12.4.